The fourth-order valence-corrected chi connectivity index (χ4v) is 3.37. The summed E-state index contributed by atoms with van der Waals surface area (Å²) in [5, 5.41) is 0.534. The van der Waals surface area contributed by atoms with Crippen LogP contribution < -0.4 is 10.6 Å². The second kappa shape index (κ2) is 5.44. The number of halogens is 1. The molecule has 0 fully saturated rings. The van der Waals surface area contributed by atoms with E-state index < -0.39 is 23.7 Å². The van der Waals surface area contributed by atoms with Crippen LogP contribution in [0.5, 0.6) is 0 Å². The summed E-state index contributed by atoms with van der Waals surface area (Å²) >= 11 is 0. The molecule has 0 bridgehead atoms. The van der Waals surface area contributed by atoms with E-state index in [4.69, 9.17) is 10.2 Å². The predicted molar refractivity (Wildman–Crippen MR) is 90.8 cm³/mol. The molecule has 6 heteroatoms. The van der Waals surface area contributed by atoms with Gasteiger partial charge in [-0.2, -0.15) is 0 Å². The summed E-state index contributed by atoms with van der Waals surface area (Å²) in [4.78, 5) is 26.4. The Kier molecular flexibility index (Phi) is 3.35. The third-order valence-corrected chi connectivity index (χ3v) is 4.62. The van der Waals surface area contributed by atoms with E-state index in [1.165, 1.54) is 23.1 Å². The van der Waals surface area contributed by atoms with Crippen LogP contribution >= 0.6 is 0 Å². The smallest absolute Gasteiger partial charge is 0.295 e. The van der Waals surface area contributed by atoms with Crippen molar-refractivity contribution in [2.24, 2.45) is 5.73 Å². The van der Waals surface area contributed by atoms with Crippen LogP contribution in [0.3, 0.4) is 0 Å². The molecule has 2 heterocycles. The summed E-state index contributed by atoms with van der Waals surface area (Å²) in [7, 11) is 0. The summed E-state index contributed by atoms with van der Waals surface area (Å²) in [5.41, 5.74) is 7.97. The van der Waals surface area contributed by atoms with Gasteiger partial charge < -0.3 is 10.2 Å². The SMILES string of the molecule is Cc1c(C(=O)N2c3ccccc3C[C@H]2C(N)=O)oc2ccc(F)cc12. The molecule has 0 spiro atoms. The number of primary amides is 1. The third-order valence-electron chi connectivity index (χ3n) is 4.62. The minimum Gasteiger partial charge on any atom is -0.451 e. The first-order valence-corrected chi connectivity index (χ1v) is 7.87. The van der Waals surface area contributed by atoms with E-state index in [1.807, 2.05) is 12.1 Å². The van der Waals surface area contributed by atoms with E-state index in [0.29, 0.717) is 28.6 Å². The number of nitrogens with two attached hydrogens (primary N) is 1. The molecule has 0 saturated heterocycles. The second-order valence-corrected chi connectivity index (χ2v) is 6.12. The molecule has 0 unspecified atom stereocenters. The molecule has 0 saturated carbocycles. The summed E-state index contributed by atoms with van der Waals surface area (Å²) in [6.07, 6.45) is 0.366. The largest absolute Gasteiger partial charge is 0.451 e. The van der Waals surface area contributed by atoms with Gasteiger partial charge in [0, 0.05) is 23.1 Å². The molecule has 3 aromatic rings. The highest BCUT2D eigenvalue weighted by Gasteiger charge is 2.39. The number of carbonyl (C=O) groups is 2. The Bertz CT molecular complexity index is 1020. The number of rotatable bonds is 2. The van der Waals surface area contributed by atoms with Crippen LogP contribution in [0.15, 0.2) is 46.9 Å². The zero-order chi connectivity index (χ0) is 17.7. The van der Waals surface area contributed by atoms with Gasteiger partial charge >= 0.3 is 0 Å². The first-order chi connectivity index (χ1) is 12.0. The van der Waals surface area contributed by atoms with Gasteiger partial charge in [-0.25, -0.2) is 4.39 Å². The topological polar surface area (TPSA) is 76.5 Å². The number of nitrogens with zero attached hydrogens (tertiary/aromatic N) is 1. The standard InChI is InChI=1S/C19H15FN2O3/c1-10-13-9-12(20)6-7-16(13)25-17(10)19(24)22-14-5-3-2-4-11(14)8-15(22)18(21)23/h2-7,9,15H,8H2,1H3,(H2,21,23)/t15-/m0/s1. The second-order valence-electron chi connectivity index (χ2n) is 6.12. The van der Waals surface area contributed by atoms with Crippen LogP contribution in [-0.4, -0.2) is 17.9 Å². The average molecular weight is 338 g/mol. The van der Waals surface area contributed by atoms with Gasteiger partial charge in [0.1, 0.15) is 17.4 Å². The lowest BCUT2D eigenvalue weighted by Gasteiger charge is -2.22. The van der Waals surface area contributed by atoms with Gasteiger partial charge in [-0.15, -0.1) is 0 Å². The number of furan rings is 1. The van der Waals surface area contributed by atoms with Crippen molar-refractivity contribution in [2.45, 2.75) is 19.4 Å². The van der Waals surface area contributed by atoms with Crippen molar-refractivity contribution in [3.63, 3.8) is 0 Å². The molecular weight excluding hydrogens is 323 g/mol. The van der Waals surface area contributed by atoms with Crippen molar-refractivity contribution in [3.05, 3.63) is 65.2 Å². The van der Waals surface area contributed by atoms with Crippen LogP contribution in [0.2, 0.25) is 0 Å². The van der Waals surface area contributed by atoms with E-state index in [1.54, 1.807) is 19.1 Å². The zero-order valence-electron chi connectivity index (χ0n) is 13.5. The average Bonchev–Trinajstić information content (AvgIpc) is 3.13. The number of hydrogen-bond donors (Lipinski definition) is 1. The van der Waals surface area contributed by atoms with Gasteiger partial charge in [-0.3, -0.25) is 14.5 Å². The molecule has 1 aliphatic rings. The number of benzene rings is 2. The molecule has 0 aliphatic carbocycles. The highest BCUT2D eigenvalue weighted by Crippen LogP contribution is 2.35. The van der Waals surface area contributed by atoms with E-state index in [-0.39, 0.29) is 5.76 Å². The first-order valence-electron chi connectivity index (χ1n) is 7.87. The Hall–Kier alpha value is -3.15. The van der Waals surface area contributed by atoms with Crippen molar-refractivity contribution in [2.75, 3.05) is 4.90 Å². The molecule has 25 heavy (non-hydrogen) atoms. The monoisotopic (exact) mass is 338 g/mol. The Labute approximate surface area is 142 Å². The number of anilines is 1. The van der Waals surface area contributed by atoms with E-state index in [9.17, 15) is 14.0 Å². The Balaban J connectivity index is 1.85. The highest BCUT2D eigenvalue weighted by molar-refractivity contribution is 6.12. The van der Waals surface area contributed by atoms with Crippen LogP contribution in [0.1, 0.15) is 21.7 Å². The van der Waals surface area contributed by atoms with Crippen LogP contribution in [-0.2, 0) is 11.2 Å². The number of aryl methyl sites for hydroxylation is 1. The normalized spacial score (nSPS) is 16.2. The molecular formula is C19H15FN2O3. The van der Waals surface area contributed by atoms with E-state index in [0.717, 1.165) is 5.56 Å². The maximum atomic E-state index is 13.5. The molecule has 2 amide bonds. The molecule has 126 valence electrons. The molecule has 1 aliphatic heterocycles. The molecule has 5 nitrogen and oxygen atoms in total. The maximum Gasteiger partial charge on any atom is 0.295 e. The summed E-state index contributed by atoms with van der Waals surface area (Å²) < 4.78 is 19.2. The number of fused-ring (bicyclic) bond motifs is 2. The van der Waals surface area contributed by atoms with E-state index >= 15 is 0 Å². The first kappa shape index (κ1) is 15.4. The Morgan fingerprint density at radius 3 is 2.76 bits per heavy atom. The quantitative estimate of drug-likeness (QED) is 0.780. The molecule has 2 aromatic carbocycles. The van der Waals surface area contributed by atoms with Gasteiger partial charge in [-0.1, -0.05) is 18.2 Å². The lowest BCUT2D eigenvalue weighted by atomic mass is 10.1. The molecule has 2 N–H and O–H groups in total. The zero-order valence-corrected chi connectivity index (χ0v) is 13.5. The lowest BCUT2D eigenvalue weighted by molar-refractivity contribution is -0.119. The maximum absolute atomic E-state index is 13.5. The number of carbonyl (C=O) groups excluding carboxylic acids is 2. The minimum absolute atomic E-state index is 0.0866. The predicted octanol–water partition coefficient (Wildman–Crippen LogP) is 2.94. The Morgan fingerprint density at radius 1 is 1.24 bits per heavy atom. The van der Waals surface area contributed by atoms with Gasteiger partial charge in [0.25, 0.3) is 5.91 Å². The fraction of sp³-hybridized carbons (Fsp3) is 0.158. The van der Waals surface area contributed by atoms with Crippen LogP contribution in [0, 0.1) is 12.7 Å². The van der Waals surface area contributed by atoms with Gasteiger partial charge in [-0.05, 0) is 36.8 Å². The minimum atomic E-state index is -0.769. The van der Waals surface area contributed by atoms with Crippen molar-refractivity contribution >= 4 is 28.5 Å². The van der Waals surface area contributed by atoms with Crippen molar-refractivity contribution in [3.8, 4) is 0 Å². The van der Waals surface area contributed by atoms with Crippen molar-refractivity contribution < 1.29 is 18.4 Å². The summed E-state index contributed by atoms with van der Waals surface area (Å²) in [6.45, 7) is 1.69. The van der Waals surface area contributed by atoms with Gasteiger partial charge in [0.05, 0.1) is 0 Å². The van der Waals surface area contributed by atoms with Gasteiger partial charge in [0.15, 0.2) is 5.76 Å². The molecule has 0 radical (unpaired) electrons. The summed E-state index contributed by atoms with van der Waals surface area (Å²) in [5.74, 6) is -1.35. The van der Waals surface area contributed by atoms with Crippen molar-refractivity contribution in [1.82, 2.24) is 0 Å². The number of para-hydroxylation sites is 1. The highest BCUT2D eigenvalue weighted by atomic mass is 19.1. The molecule has 1 aromatic heterocycles. The van der Waals surface area contributed by atoms with Crippen molar-refractivity contribution in [1.29, 1.82) is 0 Å². The summed E-state index contributed by atoms with van der Waals surface area (Å²) in [6, 6.07) is 10.6. The van der Waals surface area contributed by atoms with Crippen LogP contribution in [0.4, 0.5) is 10.1 Å². The molecule has 1 atom stereocenters. The van der Waals surface area contributed by atoms with Gasteiger partial charge in [0.2, 0.25) is 5.91 Å². The van der Waals surface area contributed by atoms with E-state index in [2.05, 4.69) is 0 Å². The third kappa shape index (κ3) is 2.29. The fourth-order valence-electron chi connectivity index (χ4n) is 3.37. The molecule has 4 rings (SSSR count). The number of amides is 2. The Morgan fingerprint density at radius 2 is 2.00 bits per heavy atom. The van der Waals surface area contributed by atoms with Crippen LogP contribution in [0.25, 0.3) is 11.0 Å². The number of hydrogen-bond acceptors (Lipinski definition) is 3. The lowest BCUT2D eigenvalue weighted by Crippen LogP contribution is -2.46.